The molecule has 124 valence electrons. The molecule has 1 amide bonds. The third kappa shape index (κ3) is 2.67. The highest BCUT2D eigenvalue weighted by atomic mass is 16.5. The summed E-state index contributed by atoms with van der Waals surface area (Å²) in [5.41, 5.74) is 2.14. The van der Waals surface area contributed by atoms with Gasteiger partial charge in [0.1, 0.15) is 19.0 Å². The zero-order valence-corrected chi connectivity index (χ0v) is 13.4. The second-order valence-corrected chi connectivity index (χ2v) is 6.06. The summed E-state index contributed by atoms with van der Waals surface area (Å²) in [7, 11) is 0. The number of aromatic nitrogens is 4. The predicted molar refractivity (Wildman–Crippen MR) is 88.3 cm³/mol. The third-order valence-electron chi connectivity index (χ3n) is 4.46. The lowest BCUT2D eigenvalue weighted by molar-refractivity contribution is -0.122. The maximum atomic E-state index is 12.5. The van der Waals surface area contributed by atoms with Crippen LogP contribution in [-0.4, -0.2) is 38.3 Å². The molecule has 1 fully saturated rings. The summed E-state index contributed by atoms with van der Waals surface area (Å²) in [5.74, 6) is 0.625. The molecule has 0 radical (unpaired) electrons. The zero-order valence-electron chi connectivity index (χ0n) is 13.4. The highest BCUT2D eigenvalue weighted by Gasteiger charge is 2.33. The van der Waals surface area contributed by atoms with Gasteiger partial charge in [0.15, 0.2) is 5.82 Å². The van der Waals surface area contributed by atoms with Crippen molar-refractivity contribution in [3.05, 3.63) is 48.2 Å². The van der Waals surface area contributed by atoms with E-state index >= 15 is 0 Å². The Bertz CT molecular complexity index is 855. The van der Waals surface area contributed by atoms with Crippen LogP contribution in [-0.2, 0) is 16.1 Å². The summed E-state index contributed by atoms with van der Waals surface area (Å²) in [5, 5.41) is 10.9. The predicted octanol–water partition coefficient (Wildman–Crippen LogP) is 1.71. The van der Waals surface area contributed by atoms with E-state index in [0.29, 0.717) is 19.0 Å². The van der Waals surface area contributed by atoms with Crippen LogP contribution in [0.2, 0.25) is 0 Å². The van der Waals surface area contributed by atoms with Crippen molar-refractivity contribution in [3.63, 3.8) is 0 Å². The minimum atomic E-state index is -0.265. The fourth-order valence-corrected chi connectivity index (χ4v) is 3.31. The molecule has 0 bridgehead atoms. The van der Waals surface area contributed by atoms with Gasteiger partial charge in [0.05, 0.1) is 6.04 Å². The van der Waals surface area contributed by atoms with E-state index in [-0.39, 0.29) is 18.1 Å². The smallest absolute Gasteiger partial charge is 0.240 e. The molecule has 0 unspecified atom stereocenters. The zero-order chi connectivity index (χ0) is 16.5. The van der Waals surface area contributed by atoms with Gasteiger partial charge in [-0.1, -0.05) is 18.2 Å². The molecule has 7 heteroatoms. The first-order valence-corrected chi connectivity index (χ1v) is 8.03. The molecule has 3 aromatic rings. The van der Waals surface area contributed by atoms with Crippen LogP contribution in [0.15, 0.2) is 36.7 Å². The van der Waals surface area contributed by atoms with Crippen molar-refractivity contribution < 1.29 is 9.53 Å². The van der Waals surface area contributed by atoms with Crippen LogP contribution >= 0.6 is 0 Å². The Labute approximate surface area is 139 Å². The number of amides is 1. The average molecular weight is 325 g/mol. The molecule has 2 N–H and O–H groups in total. The number of ether oxygens (including phenoxy) is 1. The highest BCUT2D eigenvalue weighted by molar-refractivity contribution is 5.84. The van der Waals surface area contributed by atoms with E-state index in [4.69, 9.17) is 4.74 Å². The largest absolute Gasteiger partial charge is 0.368 e. The summed E-state index contributed by atoms with van der Waals surface area (Å²) in [6.45, 7) is 2.91. The number of nitrogens with zero attached hydrogens (tertiary/aromatic N) is 3. The topological polar surface area (TPSA) is 84.8 Å². The van der Waals surface area contributed by atoms with Crippen molar-refractivity contribution in [1.29, 1.82) is 0 Å². The molecule has 2 aromatic heterocycles. The van der Waals surface area contributed by atoms with Gasteiger partial charge in [0.25, 0.3) is 0 Å². The van der Waals surface area contributed by atoms with E-state index < -0.39 is 0 Å². The van der Waals surface area contributed by atoms with Crippen molar-refractivity contribution in [2.75, 3.05) is 6.61 Å². The fourth-order valence-electron chi connectivity index (χ4n) is 3.31. The Morgan fingerprint density at radius 2 is 2.33 bits per heavy atom. The van der Waals surface area contributed by atoms with Crippen LogP contribution in [0.1, 0.15) is 24.0 Å². The van der Waals surface area contributed by atoms with E-state index in [1.807, 2.05) is 29.7 Å². The molecule has 0 spiro atoms. The van der Waals surface area contributed by atoms with Crippen molar-refractivity contribution >= 4 is 16.8 Å². The highest BCUT2D eigenvalue weighted by Crippen LogP contribution is 2.26. The number of benzene rings is 1. The normalized spacial score (nSPS) is 20.5. The van der Waals surface area contributed by atoms with Gasteiger partial charge in [-0.15, -0.1) is 0 Å². The second-order valence-electron chi connectivity index (χ2n) is 6.06. The van der Waals surface area contributed by atoms with E-state index in [1.54, 1.807) is 0 Å². The minimum absolute atomic E-state index is 0.0283. The molecule has 1 aromatic carbocycles. The molecule has 7 nitrogen and oxygen atoms in total. The molecule has 0 saturated carbocycles. The van der Waals surface area contributed by atoms with Crippen LogP contribution in [0.4, 0.5) is 0 Å². The number of hydrogen-bond acceptors (Lipinski definition) is 4. The SMILES string of the molecule is Cc1cc2ccccc2n1CC(=O)N[C@H]1CCO[C@H]1c1ncn[nH]1. The monoisotopic (exact) mass is 325 g/mol. The van der Waals surface area contributed by atoms with Gasteiger partial charge >= 0.3 is 0 Å². The lowest BCUT2D eigenvalue weighted by Crippen LogP contribution is -2.39. The minimum Gasteiger partial charge on any atom is -0.368 e. The molecule has 1 aliphatic rings. The van der Waals surface area contributed by atoms with Crippen LogP contribution in [0.5, 0.6) is 0 Å². The van der Waals surface area contributed by atoms with Gasteiger partial charge in [-0.3, -0.25) is 9.89 Å². The number of rotatable bonds is 4. The molecule has 24 heavy (non-hydrogen) atoms. The average Bonchev–Trinajstić information content (AvgIpc) is 3.28. The first-order valence-electron chi connectivity index (χ1n) is 8.03. The lowest BCUT2D eigenvalue weighted by Gasteiger charge is -2.18. The summed E-state index contributed by atoms with van der Waals surface area (Å²) >= 11 is 0. The van der Waals surface area contributed by atoms with Gasteiger partial charge in [-0.2, -0.15) is 5.10 Å². The molecule has 4 rings (SSSR count). The number of hydrogen-bond donors (Lipinski definition) is 2. The van der Waals surface area contributed by atoms with E-state index in [9.17, 15) is 4.79 Å². The second kappa shape index (κ2) is 6.09. The maximum absolute atomic E-state index is 12.5. The molecule has 3 heterocycles. The van der Waals surface area contributed by atoms with Gasteiger partial charge in [0, 0.05) is 17.8 Å². The Hall–Kier alpha value is -2.67. The van der Waals surface area contributed by atoms with Gasteiger partial charge in [-0.05, 0) is 30.9 Å². The number of H-pyrrole nitrogens is 1. The van der Waals surface area contributed by atoms with Crippen LogP contribution in [0.3, 0.4) is 0 Å². The summed E-state index contributed by atoms with van der Waals surface area (Å²) in [4.78, 5) is 16.7. The summed E-state index contributed by atoms with van der Waals surface area (Å²) in [6, 6.07) is 10.1. The first-order chi connectivity index (χ1) is 11.7. The standard InChI is InChI=1S/C17H19N5O2/c1-11-8-12-4-2-3-5-14(12)22(11)9-15(23)20-13-6-7-24-16(13)17-18-10-19-21-17/h2-5,8,10,13,16H,6-7,9H2,1H3,(H,20,23)(H,18,19,21)/t13-,16+/m0/s1. The molecule has 0 aliphatic carbocycles. The Balaban J connectivity index is 1.49. The number of para-hydroxylation sites is 1. The lowest BCUT2D eigenvalue weighted by atomic mass is 10.1. The van der Waals surface area contributed by atoms with E-state index in [0.717, 1.165) is 23.0 Å². The number of aryl methyl sites for hydroxylation is 1. The number of fused-ring (bicyclic) bond motifs is 1. The maximum Gasteiger partial charge on any atom is 0.240 e. The Kier molecular flexibility index (Phi) is 3.78. The van der Waals surface area contributed by atoms with E-state index in [1.165, 1.54) is 6.33 Å². The van der Waals surface area contributed by atoms with Crippen molar-refractivity contribution in [1.82, 2.24) is 25.1 Å². The quantitative estimate of drug-likeness (QED) is 0.765. The van der Waals surface area contributed by atoms with Crippen LogP contribution in [0, 0.1) is 6.92 Å². The summed E-state index contributed by atoms with van der Waals surface area (Å²) in [6.07, 6.45) is 1.95. The molecular weight excluding hydrogens is 306 g/mol. The molecule has 1 aliphatic heterocycles. The number of carbonyl (C=O) groups excluding carboxylic acids is 1. The first kappa shape index (κ1) is 14.9. The van der Waals surface area contributed by atoms with E-state index in [2.05, 4.69) is 32.6 Å². The number of nitrogens with one attached hydrogen (secondary N) is 2. The van der Waals surface area contributed by atoms with Crippen molar-refractivity contribution in [3.8, 4) is 0 Å². The Morgan fingerprint density at radius 3 is 3.17 bits per heavy atom. The van der Waals surface area contributed by atoms with Crippen molar-refractivity contribution in [2.24, 2.45) is 0 Å². The van der Waals surface area contributed by atoms with Gasteiger partial charge < -0.3 is 14.6 Å². The molecular formula is C17H19N5O2. The third-order valence-corrected chi connectivity index (χ3v) is 4.46. The summed E-state index contributed by atoms with van der Waals surface area (Å²) < 4.78 is 7.72. The van der Waals surface area contributed by atoms with Crippen LogP contribution in [0.25, 0.3) is 10.9 Å². The molecule has 1 saturated heterocycles. The number of carbonyl (C=O) groups is 1. The fraction of sp³-hybridized carbons (Fsp3) is 0.353. The van der Waals surface area contributed by atoms with Crippen molar-refractivity contribution in [2.45, 2.75) is 32.0 Å². The number of aromatic amines is 1. The van der Waals surface area contributed by atoms with Gasteiger partial charge in [0.2, 0.25) is 5.91 Å². The van der Waals surface area contributed by atoms with Gasteiger partial charge in [-0.25, -0.2) is 4.98 Å². The Morgan fingerprint density at radius 1 is 1.46 bits per heavy atom. The molecule has 2 atom stereocenters. The van der Waals surface area contributed by atoms with Crippen LogP contribution < -0.4 is 5.32 Å².